The van der Waals surface area contributed by atoms with Gasteiger partial charge in [0.05, 0.1) is 26.0 Å². The monoisotopic (exact) mass is 371 g/mol. The molecule has 7 heteroatoms. The number of benzene rings is 1. The van der Waals surface area contributed by atoms with E-state index in [2.05, 4.69) is 14.8 Å². The van der Waals surface area contributed by atoms with Gasteiger partial charge in [-0.05, 0) is 49.2 Å². The van der Waals surface area contributed by atoms with E-state index in [4.69, 9.17) is 13.9 Å². The van der Waals surface area contributed by atoms with Crippen LogP contribution in [-0.2, 0) is 11.3 Å². The van der Waals surface area contributed by atoms with Crippen molar-refractivity contribution in [2.24, 2.45) is 0 Å². The van der Waals surface area contributed by atoms with E-state index in [-0.39, 0.29) is 0 Å². The van der Waals surface area contributed by atoms with Crippen molar-refractivity contribution in [3.8, 4) is 17.1 Å². The molecule has 1 unspecified atom stereocenters. The topological polar surface area (TPSA) is 62.3 Å². The van der Waals surface area contributed by atoms with Gasteiger partial charge in [-0.1, -0.05) is 11.8 Å². The molecule has 1 aliphatic heterocycles. The lowest BCUT2D eigenvalue weighted by molar-refractivity contribution is 0.129. The van der Waals surface area contributed by atoms with Crippen molar-refractivity contribution >= 4 is 11.8 Å². The van der Waals surface area contributed by atoms with Crippen molar-refractivity contribution in [2.45, 2.75) is 30.6 Å². The van der Waals surface area contributed by atoms with Crippen molar-refractivity contribution in [1.82, 2.24) is 14.8 Å². The van der Waals surface area contributed by atoms with E-state index >= 15 is 0 Å². The van der Waals surface area contributed by atoms with E-state index in [1.54, 1.807) is 25.1 Å². The summed E-state index contributed by atoms with van der Waals surface area (Å²) in [6, 6.07) is 11.7. The van der Waals surface area contributed by atoms with Crippen molar-refractivity contribution in [3.63, 3.8) is 0 Å². The fraction of sp³-hybridized carbons (Fsp3) is 0.368. The average molecular weight is 371 g/mol. The normalized spacial score (nSPS) is 16.9. The molecule has 6 nitrogen and oxygen atoms in total. The van der Waals surface area contributed by atoms with E-state index in [0.717, 1.165) is 53.3 Å². The predicted octanol–water partition coefficient (Wildman–Crippen LogP) is 3.87. The molecule has 3 aromatic rings. The lowest BCUT2D eigenvalue weighted by atomic mass is 10.2. The number of thioether (sulfide) groups is 1. The van der Waals surface area contributed by atoms with Gasteiger partial charge in [0, 0.05) is 17.9 Å². The van der Waals surface area contributed by atoms with Crippen LogP contribution in [0.3, 0.4) is 0 Å². The van der Waals surface area contributed by atoms with Gasteiger partial charge < -0.3 is 13.9 Å². The molecule has 0 saturated carbocycles. The first kappa shape index (κ1) is 17.2. The minimum atomic E-state index is 0.304. The Morgan fingerprint density at radius 1 is 1.23 bits per heavy atom. The van der Waals surface area contributed by atoms with Crippen LogP contribution in [0.15, 0.2) is 52.2 Å². The van der Waals surface area contributed by atoms with Gasteiger partial charge in [-0.2, -0.15) is 0 Å². The SMILES string of the molecule is COc1ccc(-c2nnc(SCC3CCCO3)n2Cc2ccco2)cc1. The molecular weight excluding hydrogens is 350 g/mol. The van der Waals surface area contributed by atoms with E-state index in [0.29, 0.717) is 12.6 Å². The van der Waals surface area contributed by atoms with Gasteiger partial charge in [0.15, 0.2) is 11.0 Å². The number of methoxy groups -OCH3 is 1. The van der Waals surface area contributed by atoms with Crippen LogP contribution < -0.4 is 4.74 Å². The van der Waals surface area contributed by atoms with Crippen molar-refractivity contribution in [2.75, 3.05) is 19.5 Å². The average Bonchev–Trinajstić information content (AvgIpc) is 3.43. The zero-order valence-electron chi connectivity index (χ0n) is 14.6. The Morgan fingerprint density at radius 3 is 2.81 bits per heavy atom. The minimum Gasteiger partial charge on any atom is -0.497 e. The molecule has 1 atom stereocenters. The molecular formula is C19H21N3O3S. The Morgan fingerprint density at radius 2 is 2.12 bits per heavy atom. The molecule has 0 radical (unpaired) electrons. The van der Waals surface area contributed by atoms with Crippen LogP contribution in [0.4, 0.5) is 0 Å². The van der Waals surface area contributed by atoms with Crippen molar-refractivity contribution in [3.05, 3.63) is 48.4 Å². The summed E-state index contributed by atoms with van der Waals surface area (Å²) in [5.41, 5.74) is 0.994. The van der Waals surface area contributed by atoms with E-state index in [9.17, 15) is 0 Å². The molecule has 3 heterocycles. The maximum atomic E-state index is 5.73. The maximum Gasteiger partial charge on any atom is 0.192 e. The van der Waals surface area contributed by atoms with Crippen LogP contribution in [0.5, 0.6) is 5.75 Å². The highest BCUT2D eigenvalue weighted by Gasteiger charge is 2.20. The molecule has 1 aromatic carbocycles. The first-order chi connectivity index (χ1) is 12.8. The largest absolute Gasteiger partial charge is 0.497 e. The zero-order chi connectivity index (χ0) is 17.8. The Hall–Kier alpha value is -2.25. The second kappa shape index (κ2) is 7.97. The Balaban J connectivity index is 1.61. The summed E-state index contributed by atoms with van der Waals surface area (Å²) in [6.45, 7) is 1.45. The molecule has 26 heavy (non-hydrogen) atoms. The summed E-state index contributed by atoms with van der Waals surface area (Å²) in [5, 5.41) is 9.74. The third kappa shape index (κ3) is 3.78. The van der Waals surface area contributed by atoms with Gasteiger partial charge >= 0.3 is 0 Å². The number of furan rings is 1. The van der Waals surface area contributed by atoms with Crippen LogP contribution >= 0.6 is 11.8 Å². The quantitative estimate of drug-likeness (QED) is 0.588. The van der Waals surface area contributed by atoms with Gasteiger partial charge in [-0.3, -0.25) is 4.57 Å². The summed E-state index contributed by atoms with van der Waals surface area (Å²) in [4.78, 5) is 0. The number of hydrogen-bond donors (Lipinski definition) is 0. The molecule has 1 fully saturated rings. The number of hydrogen-bond acceptors (Lipinski definition) is 6. The lowest BCUT2D eigenvalue weighted by Crippen LogP contribution is -2.10. The summed E-state index contributed by atoms with van der Waals surface area (Å²) in [7, 11) is 1.66. The first-order valence-corrected chi connectivity index (χ1v) is 9.66. The molecule has 4 rings (SSSR count). The minimum absolute atomic E-state index is 0.304. The van der Waals surface area contributed by atoms with Gasteiger partial charge in [-0.15, -0.1) is 10.2 Å². The molecule has 1 saturated heterocycles. The number of rotatable bonds is 7. The molecule has 0 amide bonds. The Labute approximate surface area is 156 Å². The fourth-order valence-corrected chi connectivity index (χ4v) is 4.00. The molecule has 0 spiro atoms. The van der Waals surface area contributed by atoms with Crippen LogP contribution in [0.2, 0.25) is 0 Å². The zero-order valence-corrected chi connectivity index (χ0v) is 15.4. The molecule has 136 valence electrons. The Bertz CT molecular complexity index is 824. The van der Waals surface area contributed by atoms with E-state index in [1.165, 1.54) is 0 Å². The molecule has 2 aromatic heterocycles. The Kier molecular flexibility index (Phi) is 5.26. The molecule has 0 bridgehead atoms. The van der Waals surface area contributed by atoms with Crippen molar-refractivity contribution in [1.29, 1.82) is 0 Å². The first-order valence-electron chi connectivity index (χ1n) is 8.68. The lowest BCUT2D eigenvalue weighted by Gasteiger charge is -2.11. The third-order valence-electron chi connectivity index (χ3n) is 4.38. The van der Waals surface area contributed by atoms with Gasteiger partial charge in [-0.25, -0.2) is 0 Å². The summed E-state index contributed by atoms with van der Waals surface area (Å²) in [5.74, 6) is 3.40. The number of nitrogens with zero attached hydrogens (tertiary/aromatic N) is 3. The highest BCUT2D eigenvalue weighted by atomic mass is 32.2. The smallest absolute Gasteiger partial charge is 0.192 e. The van der Waals surface area contributed by atoms with Crippen LogP contribution in [-0.4, -0.2) is 40.3 Å². The van der Waals surface area contributed by atoms with E-state index < -0.39 is 0 Å². The molecule has 0 aliphatic carbocycles. The maximum absolute atomic E-state index is 5.73. The number of aromatic nitrogens is 3. The van der Waals surface area contributed by atoms with Crippen LogP contribution in [0.25, 0.3) is 11.4 Å². The number of ether oxygens (including phenoxy) is 2. The second-order valence-electron chi connectivity index (χ2n) is 6.15. The van der Waals surface area contributed by atoms with Crippen LogP contribution in [0, 0.1) is 0 Å². The predicted molar refractivity (Wildman–Crippen MR) is 99.5 cm³/mol. The standard InChI is InChI=1S/C19H21N3O3S/c1-23-15-8-6-14(7-9-15)18-20-21-19(26-13-17-5-3-11-25-17)22(18)12-16-4-2-10-24-16/h2,4,6-10,17H,3,5,11-13H2,1H3. The van der Waals surface area contributed by atoms with Gasteiger partial charge in [0.2, 0.25) is 0 Å². The van der Waals surface area contributed by atoms with Gasteiger partial charge in [0.25, 0.3) is 0 Å². The summed E-state index contributed by atoms with van der Waals surface area (Å²) < 4.78 is 18.6. The second-order valence-corrected chi connectivity index (χ2v) is 7.13. The summed E-state index contributed by atoms with van der Waals surface area (Å²) >= 11 is 1.69. The van der Waals surface area contributed by atoms with Crippen LogP contribution in [0.1, 0.15) is 18.6 Å². The highest BCUT2D eigenvalue weighted by Crippen LogP contribution is 2.28. The summed E-state index contributed by atoms with van der Waals surface area (Å²) in [6.07, 6.45) is 4.25. The van der Waals surface area contributed by atoms with Crippen molar-refractivity contribution < 1.29 is 13.9 Å². The molecule has 1 aliphatic rings. The third-order valence-corrected chi connectivity index (χ3v) is 5.48. The van der Waals surface area contributed by atoms with E-state index in [1.807, 2.05) is 36.4 Å². The highest BCUT2D eigenvalue weighted by molar-refractivity contribution is 7.99. The van der Waals surface area contributed by atoms with Gasteiger partial charge in [0.1, 0.15) is 11.5 Å². The fourth-order valence-electron chi connectivity index (χ4n) is 2.99. The molecule has 0 N–H and O–H groups in total.